The average Bonchev–Trinajstić information content (AvgIpc) is 3.35. The van der Waals surface area contributed by atoms with Crippen molar-refractivity contribution < 1.29 is 24.3 Å². The first-order chi connectivity index (χ1) is 17.6. The quantitative estimate of drug-likeness (QED) is 0.105. The van der Waals surface area contributed by atoms with Crippen LogP contribution in [0.4, 0.5) is 0 Å². The van der Waals surface area contributed by atoms with Crippen molar-refractivity contribution in [3.8, 4) is 0 Å². The predicted octanol–water partition coefficient (Wildman–Crippen LogP) is -0.877. The highest BCUT2D eigenvalue weighted by Gasteiger charge is 2.30. The van der Waals surface area contributed by atoms with Crippen LogP contribution < -0.4 is 33.2 Å². The maximum absolute atomic E-state index is 13.2. The molecule has 1 rings (SSSR count). The van der Waals surface area contributed by atoms with Gasteiger partial charge in [-0.3, -0.25) is 14.4 Å². The van der Waals surface area contributed by atoms with E-state index in [1.54, 1.807) is 0 Å². The fourth-order valence-electron chi connectivity index (χ4n) is 3.74. The van der Waals surface area contributed by atoms with Crippen molar-refractivity contribution in [2.75, 3.05) is 13.1 Å². The molecule has 37 heavy (non-hydrogen) atoms. The molecule has 0 fully saturated rings. The van der Waals surface area contributed by atoms with Crippen molar-refractivity contribution in [2.45, 2.75) is 89.4 Å². The lowest BCUT2D eigenvalue weighted by Crippen LogP contribution is -2.57. The first-order valence-corrected chi connectivity index (χ1v) is 12.9. The molecule has 4 atom stereocenters. The zero-order chi connectivity index (χ0) is 27.8. The molecule has 11 N–H and O–H groups in total. The van der Waals surface area contributed by atoms with Gasteiger partial charge in [0.15, 0.2) is 0 Å². The first-order valence-electron chi connectivity index (χ1n) is 12.9. The van der Waals surface area contributed by atoms with Crippen LogP contribution >= 0.6 is 0 Å². The highest BCUT2D eigenvalue weighted by atomic mass is 16.4. The number of carbonyl (C=O) groups excluding carboxylic acids is 3. The average molecular weight is 525 g/mol. The number of rotatable bonds is 19. The normalized spacial score (nSPS) is 14.4. The summed E-state index contributed by atoms with van der Waals surface area (Å²) in [6.07, 6.45) is 6.60. The first kappa shape index (κ1) is 32.0. The Kier molecular flexibility index (Phi) is 15.1. The SMILES string of the molecule is CC(C)CC(NC(=O)C(CCCCN)NC(=O)C(N)CCCCN)C(=O)NC(Cc1cnc[nH]1)C(=O)O. The summed E-state index contributed by atoms with van der Waals surface area (Å²) in [6.45, 7) is 4.70. The zero-order valence-corrected chi connectivity index (χ0v) is 21.9. The monoisotopic (exact) mass is 524 g/mol. The molecule has 13 heteroatoms. The highest BCUT2D eigenvalue weighted by Crippen LogP contribution is 2.09. The van der Waals surface area contributed by atoms with E-state index in [0.29, 0.717) is 50.9 Å². The molecule has 13 nitrogen and oxygen atoms in total. The third kappa shape index (κ3) is 12.7. The molecule has 0 saturated carbocycles. The Morgan fingerprint density at radius 2 is 1.46 bits per heavy atom. The van der Waals surface area contributed by atoms with Crippen LogP contribution in [0.2, 0.25) is 0 Å². The minimum Gasteiger partial charge on any atom is -0.480 e. The van der Waals surface area contributed by atoms with Gasteiger partial charge in [-0.05, 0) is 57.5 Å². The van der Waals surface area contributed by atoms with Crippen molar-refractivity contribution in [3.05, 3.63) is 18.2 Å². The standard InChI is InChI=1S/C24H44N8O5/c1-15(2)11-19(23(35)32-20(24(36)37)12-16-13-28-14-29-16)31-22(34)18(8-4-6-10-26)30-21(33)17(27)7-3-5-9-25/h13-15,17-20H,3-12,25-27H2,1-2H3,(H,28,29)(H,30,33)(H,31,34)(H,32,35)(H,36,37). The number of aromatic nitrogens is 2. The van der Waals surface area contributed by atoms with Gasteiger partial charge in [0.05, 0.1) is 12.4 Å². The molecule has 0 spiro atoms. The van der Waals surface area contributed by atoms with Crippen molar-refractivity contribution in [1.82, 2.24) is 25.9 Å². The maximum atomic E-state index is 13.2. The number of H-pyrrole nitrogens is 1. The number of carbonyl (C=O) groups is 4. The molecule has 210 valence electrons. The van der Waals surface area contributed by atoms with Crippen LogP contribution in [-0.2, 0) is 25.6 Å². The lowest BCUT2D eigenvalue weighted by Gasteiger charge is -2.26. The van der Waals surface area contributed by atoms with Crippen molar-refractivity contribution in [2.24, 2.45) is 23.1 Å². The van der Waals surface area contributed by atoms with E-state index >= 15 is 0 Å². The van der Waals surface area contributed by atoms with E-state index in [2.05, 4.69) is 25.9 Å². The summed E-state index contributed by atoms with van der Waals surface area (Å²) in [5.74, 6) is -2.82. The molecule has 1 aromatic heterocycles. The number of carboxylic acid groups (broad SMARTS) is 1. The van der Waals surface area contributed by atoms with Gasteiger partial charge in [-0.2, -0.15) is 0 Å². The Hall–Kier alpha value is -3.03. The van der Waals surface area contributed by atoms with E-state index in [4.69, 9.17) is 17.2 Å². The number of nitrogens with one attached hydrogen (secondary N) is 4. The molecular weight excluding hydrogens is 480 g/mol. The number of unbranched alkanes of at least 4 members (excludes halogenated alkanes) is 2. The van der Waals surface area contributed by atoms with E-state index in [-0.39, 0.29) is 18.8 Å². The van der Waals surface area contributed by atoms with Gasteiger partial charge in [0, 0.05) is 18.3 Å². The molecule has 0 aliphatic rings. The van der Waals surface area contributed by atoms with E-state index < -0.39 is 47.9 Å². The molecule has 0 aliphatic heterocycles. The molecule has 0 aliphatic carbocycles. The Balaban J connectivity index is 2.93. The lowest BCUT2D eigenvalue weighted by molar-refractivity contribution is -0.142. The van der Waals surface area contributed by atoms with Gasteiger partial charge >= 0.3 is 5.97 Å². The largest absolute Gasteiger partial charge is 0.480 e. The summed E-state index contributed by atoms with van der Waals surface area (Å²) >= 11 is 0. The van der Waals surface area contributed by atoms with Crippen LogP contribution in [0.3, 0.4) is 0 Å². The number of nitrogens with zero attached hydrogens (tertiary/aromatic N) is 1. The van der Waals surface area contributed by atoms with Crippen LogP contribution in [0.25, 0.3) is 0 Å². The predicted molar refractivity (Wildman–Crippen MR) is 139 cm³/mol. The summed E-state index contributed by atoms with van der Waals surface area (Å²) in [4.78, 5) is 57.3. The summed E-state index contributed by atoms with van der Waals surface area (Å²) in [5.41, 5.74) is 17.6. The third-order valence-electron chi connectivity index (χ3n) is 5.82. The number of aliphatic carboxylic acids is 1. The van der Waals surface area contributed by atoms with Crippen LogP contribution in [0.5, 0.6) is 0 Å². The van der Waals surface area contributed by atoms with E-state index in [1.165, 1.54) is 12.5 Å². The van der Waals surface area contributed by atoms with Gasteiger partial charge in [0.2, 0.25) is 17.7 Å². The van der Waals surface area contributed by atoms with Crippen molar-refractivity contribution in [1.29, 1.82) is 0 Å². The topological polar surface area (TPSA) is 231 Å². The summed E-state index contributed by atoms with van der Waals surface area (Å²) in [7, 11) is 0. The third-order valence-corrected chi connectivity index (χ3v) is 5.82. The maximum Gasteiger partial charge on any atom is 0.326 e. The Morgan fingerprint density at radius 3 is 2.00 bits per heavy atom. The van der Waals surface area contributed by atoms with Gasteiger partial charge in [-0.25, -0.2) is 9.78 Å². The van der Waals surface area contributed by atoms with E-state index in [0.717, 1.165) is 6.42 Å². The van der Waals surface area contributed by atoms with Gasteiger partial charge in [-0.1, -0.05) is 20.3 Å². The Labute approximate surface area is 218 Å². The number of aromatic amines is 1. The molecule has 3 amide bonds. The zero-order valence-electron chi connectivity index (χ0n) is 21.9. The highest BCUT2D eigenvalue weighted by molar-refractivity contribution is 5.94. The van der Waals surface area contributed by atoms with E-state index in [1.807, 2.05) is 13.8 Å². The number of amides is 3. The second kappa shape index (κ2) is 17.4. The van der Waals surface area contributed by atoms with Crippen LogP contribution in [-0.4, -0.2) is 76.0 Å². The van der Waals surface area contributed by atoms with Crippen LogP contribution in [0, 0.1) is 5.92 Å². The number of hydrogen-bond donors (Lipinski definition) is 8. The molecular formula is C24H44N8O5. The second-order valence-electron chi connectivity index (χ2n) is 9.61. The van der Waals surface area contributed by atoms with Crippen LogP contribution in [0.15, 0.2) is 12.5 Å². The molecule has 0 aromatic carbocycles. The van der Waals surface area contributed by atoms with E-state index in [9.17, 15) is 24.3 Å². The van der Waals surface area contributed by atoms with Crippen molar-refractivity contribution in [3.63, 3.8) is 0 Å². The summed E-state index contributed by atoms with van der Waals surface area (Å²) in [5, 5.41) is 17.5. The smallest absolute Gasteiger partial charge is 0.326 e. The second-order valence-corrected chi connectivity index (χ2v) is 9.61. The van der Waals surface area contributed by atoms with Crippen molar-refractivity contribution >= 4 is 23.7 Å². The number of carboxylic acids is 1. The van der Waals surface area contributed by atoms with Gasteiger partial charge in [-0.15, -0.1) is 0 Å². The Morgan fingerprint density at radius 1 is 0.892 bits per heavy atom. The fourth-order valence-corrected chi connectivity index (χ4v) is 3.74. The molecule has 0 radical (unpaired) electrons. The van der Waals surface area contributed by atoms with Crippen LogP contribution in [0.1, 0.15) is 64.5 Å². The Bertz CT molecular complexity index is 833. The molecule has 4 unspecified atom stereocenters. The minimum absolute atomic E-state index is 0.00321. The molecule has 0 bridgehead atoms. The summed E-state index contributed by atoms with van der Waals surface area (Å²) < 4.78 is 0. The molecule has 0 saturated heterocycles. The molecule has 1 aromatic rings. The number of hydrogen-bond acceptors (Lipinski definition) is 8. The van der Waals surface area contributed by atoms with Gasteiger partial charge in [0.25, 0.3) is 0 Å². The number of imidazole rings is 1. The summed E-state index contributed by atoms with van der Waals surface area (Å²) in [6, 6.07) is -3.92. The van der Waals surface area contributed by atoms with Gasteiger partial charge in [0.1, 0.15) is 18.1 Å². The van der Waals surface area contributed by atoms with Gasteiger partial charge < -0.3 is 43.2 Å². The number of nitrogens with two attached hydrogens (primary N) is 3. The fraction of sp³-hybridized carbons (Fsp3) is 0.708. The minimum atomic E-state index is -1.22. The lowest BCUT2D eigenvalue weighted by atomic mass is 10.0. The molecule has 1 heterocycles.